The SMILES string of the molecule is CCOC(=O)c1ccc(NC(=O)CN2C(=O)N(Cc3ccc(F)cc3)C(=O)C3NCCCC32)cc1. The van der Waals surface area contributed by atoms with Crippen molar-refractivity contribution in [1.29, 1.82) is 0 Å². The van der Waals surface area contributed by atoms with Gasteiger partial charge in [0.15, 0.2) is 0 Å². The third kappa shape index (κ3) is 5.48. The topological polar surface area (TPSA) is 108 Å². The lowest BCUT2D eigenvalue weighted by Gasteiger charge is -2.46. The zero-order valence-corrected chi connectivity index (χ0v) is 19.3. The van der Waals surface area contributed by atoms with E-state index in [2.05, 4.69) is 10.6 Å². The van der Waals surface area contributed by atoms with Gasteiger partial charge in [-0.2, -0.15) is 0 Å². The molecule has 2 atom stereocenters. The van der Waals surface area contributed by atoms with Crippen LogP contribution in [0.1, 0.15) is 35.7 Å². The first-order valence-corrected chi connectivity index (χ1v) is 11.5. The van der Waals surface area contributed by atoms with Gasteiger partial charge in [0.1, 0.15) is 18.4 Å². The molecular formula is C25H27FN4O5. The molecule has 0 aliphatic carbocycles. The number of hydrogen-bond donors (Lipinski definition) is 2. The number of esters is 1. The number of amides is 4. The Hall–Kier alpha value is -3.79. The largest absolute Gasteiger partial charge is 0.462 e. The van der Waals surface area contributed by atoms with Gasteiger partial charge >= 0.3 is 12.0 Å². The number of ether oxygens (including phenoxy) is 1. The van der Waals surface area contributed by atoms with Gasteiger partial charge in [-0.15, -0.1) is 0 Å². The molecule has 2 N–H and O–H groups in total. The number of rotatable bonds is 7. The predicted octanol–water partition coefficient (Wildman–Crippen LogP) is 2.53. The number of piperidine rings is 1. The third-order valence-corrected chi connectivity index (χ3v) is 6.08. The number of anilines is 1. The number of fused-ring (bicyclic) bond motifs is 1. The van der Waals surface area contributed by atoms with E-state index in [-0.39, 0.29) is 25.6 Å². The maximum Gasteiger partial charge on any atom is 0.338 e. The van der Waals surface area contributed by atoms with Crippen molar-refractivity contribution in [2.45, 2.75) is 38.4 Å². The average molecular weight is 483 g/mol. The van der Waals surface area contributed by atoms with E-state index >= 15 is 0 Å². The summed E-state index contributed by atoms with van der Waals surface area (Å²) in [6.07, 6.45) is 1.37. The van der Waals surface area contributed by atoms with Gasteiger partial charge in [0.05, 0.1) is 24.8 Å². The molecule has 2 heterocycles. The Morgan fingerprint density at radius 2 is 1.83 bits per heavy atom. The number of carbonyl (C=O) groups excluding carboxylic acids is 4. The maximum absolute atomic E-state index is 13.3. The van der Waals surface area contributed by atoms with Gasteiger partial charge in [0, 0.05) is 5.69 Å². The molecule has 2 saturated heterocycles. The van der Waals surface area contributed by atoms with Crippen molar-refractivity contribution in [3.05, 3.63) is 65.5 Å². The minimum atomic E-state index is -0.612. The van der Waals surface area contributed by atoms with Crippen LogP contribution in [-0.4, -0.2) is 65.4 Å². The molecule has 2 aliphatic rings. The molecule has 184 valence electrons. The summed E-state index contributed by atoms with van der Waals surface area (Å²) in [5, 5.41) is 5.91. The third-order valence-electron chi connectivity index (χ3n) is 6.08. The molecule has 0 saturated carbocycles. The highest BCUT2D eigenvalue weighted by atomic mass is 19.1. The minimum absolute atomic E-state index is 0.0176. The van der Waals surface area contributed by atoms with Crippen molar-refractivity contribution in [1.82, 2.24) is 15.1 Å². The van der Waals surface area contributed by atoms with Crippen LogP contribution in [0.15, 0.2) is 48.5 Å². The first kappa shape index (κ1) is 24.3. The quantitative estimate of drug-likeness (QED) is 0.588. The monoisotopic (exact) mass is 482 g/mol. The Kier molecular flexibility index (Phi) is 7.40. The number of hydrogen-bond acceptors (Lipinski definition) is 6. The van der Waals surface area contributed by atoms with Crippen LogP contribution < -0.4 is 10.6 Å². The normalized spacial score (nSPS) is 19.8. The van der Waals surface area contributed by atoms with Crippen molar-refractivity contribution in [2.75, 3.05) is 25.0 Å². The van der Waals surface area contributed by atoms with Gasteiger partial charge in [-0.25, -0.2) is 14.0 Å². The molecule has 10 heteroatoms. The molecule has 35 heavy (non-hydrogen) atoms. The number of nitrogens with one attached hydrogen (secondary N) is 2. The summed E-state index contributed by atoms with van der Waals surface area (Å²) >= 11 is 0. The summed E-state index contributed by atoms with van der Waals surface area (Å²) in [4.78, 5) is 53.6. The van der Waals surface area contributed by atoms with E-state index in [4.69, 9.17) is 4.74 Å². The highest BCUT2D eigenvalue weighted by Gasteiger charge is 2.47. The van der Waals surface area contributed by atoms with Crippen LogP contribution in [0.25, 0.3) is 0 Å². The summed E-state index contributed by atoms with van der Waals surface area (Å²) in [5.74, 6) is -1.64. The van der Waals surface area contributed by atoms with Crippen LogP contribution in [0.4, 0.5) is 14.9 Å². The molecule has 9 nitrogen and oxygen atoms in total. The van der Waals surface area contributed by atoms with Crippen molar-refractivity contribution in [3.63, 3.8) is 0 Å². The van der Waals surface area contributed by atoms with Crippen LogP contribution in [0.2, 0.25) is 0 Å². The molecule has 2 fully saturated rings. The van der Waals surface area contributed by atoms with E-state index in [9.17, 15) is 23.6 Å². The zero-order valence-electron chi connectivity index (χ0n) is 19.3. The van der Waals surface area contributed by atoms with Gasteiger partial charge in [0.2, 0.25) is 11.8 Å². The first-order chi connectivity index (χ1) is 16.9. The second kappa shape index (κ2) is 10.6. The fraction of sp³-hybridized carbons (Fsp3) is 0.360. The van der Waals surface area contributed by atoms with E-state index in [1.54, 1.807) is 31.2 Å². The molecule has 0 spiro atoms. The molecule has 2 unspecified atom stereocenters. The fourth-order valence-electron chi connectivity index (χ4n) is 4.38. The second-order valence-electron chi connectivity index (χ2n) is 8.45. The standard InChI is InChI=1S/C25H27FN4O5/c1-2-35-24(33)17-7-11-19(12-8-17)28-21(31)15-29-20-4-3-13-27-22(20)23(32)30(25(29)34)14-16-5-9-18(26)10-6-16/h5-12,20,22,27H,2-4,13-15H2,1H3,(H,28,31). The van der Waals surface area contributed by atoms with Crippen LogP contribution in [0.5, 0.6) is 0 Å². The highest BCUT2D eigenvalue weighted by Crippen LogP contribution is 2.26. The summed E-state index contributed by atoms with van der Waals surface area (Å²) in [6, 6.07) is 10.2. The van der Waals surface area contributed by atoms with Crippen molar-refractivity contribution < 1.29 is 28.3 Å². The molecule has 0 bridgehead atoms. The van der Waals surface area contributed by atoms with E-state index in [0.717, 1.165) is 11.3 Å². The maximum atomic E-state index is 13.3. The lowest BCUT2D eigenvalue weighted by molar-refractivity contribution is -0.138. The van der Waals surface area contributed by atoms with Gasteiger partial charge in [0.25, 0.3) is 0 Å². The molecule has 4 amide bonds. The highest BCUT2D eigenvalue weighted by molar-refractivity contribution is 6.03. The molecule has 2 aromatic rings. The van der Waals surface area contributed by atoms with E-state index < -0.39 is 35.8 Å². The first-order valence-electron chi connectivity index (χ1n) is 11.5. The molecule has 4 rings (SSSR count). The Labute approximate surface area is 202 Å². The van der Waals surface area contributed by atoms with Crippen molar-refractivity contribution >= 4 is 29.5 Å². The van der Waals surface area contributed by atoms with E-state index in [0.29, 0.717) is 29.8 Å². The summed E-state index contributed by atoms with van der Waals surface area (Å²) in [5.41, 5.74) is 1.43. The molecular weight excluding hydrogens is 455 g/mol. The Balaban J connectivity index is 1.47. The van der Waals surface area contributed by atoms with Gasteiger partial charge in [-0.05, 0) is 68.3 Å². The Morgan fingerprint density at radius 1 is 1.11 bits per heavy atom. The van der Waals surface area contributed by atoms with Gasteiger partial charge < -0.3 is 20.3 Å². The minimum Gasteiger partial charge on any atom is -0.462 e. The molecule has 0 aromatic heterocycles. The van der Waals surface area contributed by atoms with Crippen LogP contribution in [0.3, 0.4) is 0 Å². The van der Waals surface area contributed by atoms with Crippen LogP contribution >= 0.6 is 0 Å². The molecule has 0 radical (unpaired) electrons. The predicted molar refractivity (Wildman–Crippen MR) is 125 cm³/mol. The number of nitrogens with zero attached hydrogens (tertiary/aromatic N) is 2. The summed E-state index contributed by atoms with van der Waals surface area (Å²) in [7, 11) is 0. The Morgan fingerprint density at radius 3 is 2.51 bits per heavy atom. The fourth-order valence-corrected chi connectivity index (χ4v) is 4.38. The lowest BCUT2D eigenvalue weighted by Crippen LogP contribution is -2.70. The van der Waals surface area contributed by atoms with Crippen molar-refractivity contribution in [2.24, 2.45) is 0 Å². The molecule has 2 aromatic carbocycles. The number of benzene rings is 2. The number of imide groups is 1. The number of carbonyl (C=O) groups is 4. The number of urea groups is 1. The van der Waals surface area contributed by atoms with Crippen LogP contribution in [-0.2, 0) is 20.9 Å². The lowest BCUT2D eigenvalue weighted by atomic mass is 9.93. The van der Waals surface area contributed by atoms with E-state index in [1.165, 1.54) is 29.2 Å². The summed E-state index contributed by atoms with van der Waals surface area (Å²) in [6.45, 7) is 2.36. The second-order valence-corrected chi connectivity index (χ2v) is 8.45. The van der Waals surface area contributed by atoms with Gasteiger partial charge in [-0.1, -0.05) is 12.1 Å². The summed E-state index contributed by atoms with van der Waals surface area (Å²) < 4.78 is 18.2. The zero-order chi connectivity index (χ0) is 24.9. The Bertz CT molecular complexity index is 1110. The van der Waals surface area contributed by atoms with Crippen LogP contribution in [0, 0.1) is 5.82 Å². The van der Waals surface area contributed by atoms with E-state index in [1.807, 2.05) is 0 Å². The molecule has 2 aliphatic heterocycles. The average Bonchev–Trinajstić information content (AvgIpc) is 2.86. The smallest absolute Gasteiger partial charge is 0.338 e. The van der Waals surface area contributed by atoms with Crippen molar-refractivity contribution in [3.8, 4) is 0 Å². The van der Waals surface area contributed by atoms with Gasteiger partial charge in [-0.3, -0.25) is 14.5 Å². The number of halogens is 1.